The smallest absolute Gasteiger partial charge is 0.0461 e. The second-order valence-electron chi connectivity index (χ2n) is 4.70. The average Bonchev–Trinajstić information content (AvgIpc) is 2.02. The van der Waals surface area contributed by atoms with Gasteiger partial charge in [-0.2, -0.15) is 0 Å². The molecule has 1 heteroatoms. The van der Waals surface area contributed by atoms with Crippen molar-refractivity contribution in [2.45, 2.75) is 53.4 Å². The molecule has 1 aromatic rings. The minimum Gasteiger partial charge on any atom is -0.257 e. The fourth-order valence-corrected chi connectivity index (χ4v) is 1.95. The molecule has 1 rings (SSSR count). The Morgan fingerprint density at radius 3 is 1.50 bits per heavy atom. The summed E-state index contributed by atoms with van der Waals surface area (Å²) in [4.78, 5) is 4.77. The molecule has 0 unspecified atom stereocenters. The lowest BCUT2D eigenvalue weighted by atomic mass is 9.98. The Balaban J connectivity index is 3.27. The second-order valence-corrected chi connectivity index (χ2v) is 4.70. The van der Waals surface area contributed by atoms with E-state index in [9.17, 15) is 0 Å². The molecule has 14 heavy (non-hydrogen) atoms. The normalized spacial score (nSPS) is 11.4. The first-order valence-electron chi connectivity index (χ1n) is 5.41. The summed E-state index contributed by atoms with van der Waals surface area (Å²) in [5.41, 5.74) is 5.14. The summed E-state index contributed by atoms with van der Waals surface area (Å²) < 4.78 is 0. The zero-order chi connectivity index (χ0) is 10.9. The summed E-state index contributed by atoms with van der Waals surface area (Å²) in [6, 6.07) is 2.26. The van der Waals surface area contributed by atoms with Crippen molar-refractivity contribution in [1.82, 2.24) is 4.98 Å². The van der Waals surface area contributed by atoms with Gasteiger partial charge < -0.3 is 0 Å². The van der Waals surface area contributed by atoms with Gasteiger partial charge in [0.25, 0.3) is 0 Å². The monoisotopic (exact) mass is 191 g/mol. The molecule has 0 aliphatic rings. The zero-order valence-electron chi connectivity index (χ0n) is 10.2. The maximum Gasteiger partial charge on any atom is 0.0461 e. The van der Waals surface area contributed by atoms with Gasteiger partial charge in [-0.05, 0) is 36.8 Å². The predicted octanol–water partition coefficient (Wildman–Crippen LogP) is 3.95. The van der Waals surface area contributed by atoms with Crippen molar-refractivity contribution in [2.75, 3.05) is 0 Å². The van der Waals surface area contributed by atoms with E-state index < -0.39 is 0 Å². The molecule has 1 aromatic heterocycles. The van der Waals surface area contributed by atoms with E-state index in [1.807, 2.05) is 0 Å². The van der Waals surface area contributed by atoms with Crippen LogP contribution in [0.25, 0.3) is 0 Å². The maximum absolute atomic E-state index is 4.77. The number of hydrogen-bond acceptors (Lipinski definition) is 1. The standard InChI is InChI=1S/C13H21N/c1-8(2)12-10(5)7-11(6)13(14-12)9(3)4/h7-9H,1-6H3. The van der Waals surface area contributed by atoms with E-state index in [4.69, 9.17) is 4.98 Å². The van der Waals surface area contributed by atoms with Crippen LogP contribution in [0, 0.1) is 13.8 Å². The van der Waals surface area contributed by atoms with Crippen molar-refractivity contribution in [2.24, 2.45) is 0 Å². The van der Waals surface area contributed by atoms with Crippen molar-refractivity contribution in [3.05, 3.63) is 28.6 Å². The maximum atomic E-state index is 4.77. The van der Waals surface area contributed by atoms with Crippen LogP contribution in [0.1, 0.15) is 62.0 Å². The van der Waals surface area contributed by atoms with Crippen molar-refractivity contribution in [3.8, 4) is 0 Å². The lowest BCUT2D eigenvalue weighted by Gasteiger charge is -2.15. The SMILES string of the molecule is Cc1cc(C)c(C(C)C)nc1C(C)C. The highest BCUT2D eigenvalue weighted by Crippen LogP contribution is 2.23. The summed E-state index contributed by atoms with van der Waals surface area (Å²) >= 11 is 0. The van der Waals surface area contributed by atoms with Gasteiger partial charge in [-0.15, -0.1) is 0 Å². The Morgan fingerprint density at radius 2 is 1.21 bits per heavy atom. The first-order valence-corrected chi connectivity index (χ1v) is 5.41. The number of hydrogen-bond donors (Lipinski definition) is 0. The number of aromatic nitrogens is 1. The summed E-state index contributed by atoms with van der Waals surface area (Å²) in [5, 5.41) is 0. The Morgan fingerprint density at radius 1 is 0.857 bits per heavy atom. The minimum atomic E-state index is 0.521. The van der Waals surface area contributed by atoms with E-state index in [0.29, 0.717) is 11.8 Å². The Hall–Kier alpha value is -0.850. The van der Waals surface area contributed by atoms with E-state index in [-0.39, 0.29) is 0 Å². The van der Waals surface area contributed by atoms with E-state index in [0.717, 1.165) is 0 Å². The second kappa shape index (κ2) is 4.12. The molecule has 0 aromatic carbocycles. The Labute approximate surface area is 87.6 Å². The van der Waals surface area contributed by atoms with E-state index in [1.165, 1.54) is 22.5 Å². The third-order valence-corrected chi connectivity index (χ3v) is 2.58. The predicted molar refractivity (Wildman–Crippen MR) is 61.9 cm³/mol. The van der Waals surface area contributed by atoms with Crippen molar-refractivity contribution < 1.29 is 0 Å². The van der Waals surface area contributed by atoms with Gasteiger partial charge in [0.2, 0.25) is 0 Å². The fourth-order valence-electron chi connectivity index (χ4n) is 1.95. The molecule has 1 heterocycles. The van der Waals surface area contributed by atoms with Crippen LogP contribution in [-0.2, 0) is 0 Å². The minimum absolute atomic E-state index is 0.521. The number of nitrogens with zero attached hydrogens (tertiary/aromatic N) is 1. The highest BCUT2D eigenvalue weighted by atomic mass is 14.7. The third kappa shape index (κ3) is 2.14. The first-order chi connectivity index (χ1) is 6.43. The number of rotatable bonds is 2. The molecule has 0 aliphatic heterocycles. The first kappa shape index (κ1) is 11.2. The Bertz CT molecular complexity index is 295. The topological polar surface area (TPSA) is 12.9 Å². The van der Waals surface area contributed by atoms with Crippen LogP contribution in [0.2, 0.25) is 0 Å². The van der Waals surface area contributed by atoms with Crippen molar-refractivity contribution in [1.29, 1.82) is 0 Å². The van der Waals surface area contributed by atoms with Gasteiger partial charge in [-0.25, -0.2) is 0 Å². The molecule has 0 amide bonds. The molecule has 0 spiro atoms. The van der Waals surface area contributed by atoms with E-state index in [1.54, 1.807) is 0 Å². The molecule has 0 fully saturated rings. The lowest BCUT2D eigenvalue weighted by Crippen LogP contribution is -2.04. The highest BCUT2D eigenvalue weighted by molar-refractivity contribution is 5.31. The molecular formula is C13H21N. The fraction of sp³-hybridized carbons (Fsp3) is 0.615. The molecule has 0 saturated heterocycles. The van der Waals surface area contributed by atoms with E-state index >= 15 is 0 Å². The van der Waals surface area contributed by atoms with Crippen LogP contribution in [0.5, 0.6) is 0 Å². The molecular weight excluding hydrogens is 170 g/mol. The number of aryl methyl sites for hydroxylation is 2. The van der Waals surface area contributed by atoms with Gasteiger partial charge in [-0.3, -0.25) is 4.98 Å². The molecule has 0 saturated carbocycles. The van der Waals surface area contributed by atoms with Crippen LogP contribution in [0.15, 0.2) is 6.07 Å². The van der Waals surface area contributed by atoms with Gasteiger partial charge in [0.15, 0.2) is 0 Å². The molecule has 0 aliphatic carbocycles. The third-order valence-electron chi connectivity index (χ3n) is 2.58. The molecule has 0 N–H and O–H groups in total. The van der Waals surface area contributed by atoms with Crippen LogP contribution in [0.4, 0.5) is 0 Å². The average molecular weight is 191 g/mol. The van der Waals surface area contributed by atoms with Gasteiger partial charge in [-0.1, -0.05) is 33.8 Å². The molecule has 0 radical (unpaired) electrons. The lowest BCUT2D eigenvalue weighted by molar-refractivity contribution is 0.750. The Kier molecular flexibility index (Phi) is 3.30. The molecule has 78 valence electrons. The molecule has 0 atom stereocenters. The van der Waals surface area contributed by atoms with Crippen molar-refractivity contribution >= 4 is 0 Å². The quantitative estimate of drug-likeness (QED) is 0.690. The van der Waals surface area contributed by atoms with Crippen LogP contribution >= 0.6 is 0 Å². The van der Waals surface area contributed by atoms with Crippen molar-refractivity contribution in [3.63, 3.8) is 0 Å². The van der Waals surface area contributed by atoms with Gasteiger partial charge in [0.1, 0.15) is 0 Å². The summed E-state index contributed by atoms with van der Waals surface area (Å²) in [7, 11) is 0. The van der Waals surface area contributed by atoms with Gasteiger partial charge >= 0.3 is 0 Å². The van der Waals surface area contributed by atoms with E-state index in [2.05, 4.69) is 47.6 Å². The zero-order valence-corrected chi connectivity index (χ0v) is 10.2. The van der Waals surface area contributed by atoms with Crippen LogP contribution in [0.3, 0.4) is 0 Å². The summed E-state index contributed by atoms with van der Waals surface area (Å²) in [6.07, 6.45) is 0. The number of pyridine rings is 1. The van der Waals surface area contributed by atoms with Gasteiger partial charge in [0, 0.05) is 11.4 Å². The highest BCUT2D eigenvalue weighted by Gasteiger charge is 2.11. The summed E-state index contributed by atoms with van der Waals surface area (Å²) in [6.45, 7) is 13.1. The van der Waals surface area contributed by atoms with Crippen LogP contribution in [-0.4, -0.2) is 4.98 Å². The molecule has 0 bridgehead atoms. The molecule has 1 nitrogen and oxygen atoms in total. The summed E-state index contributed by atoms with van der Waals surface area (Å²) in [5.74, 6) is 1.04. The van der Waals surface area contributed by atoms with Gasteiger partial charge in [0.05, 0.1) is 0 Å². The largest absolute Gasteiger partial charge is 0.257 e. The van der Waals surface area contributed by atoms with Crippen LogP contribution < -0.4 is 0 Å².